The largest absolute Gasteiger partial charge is 0.443 e. The minimum atomic E-state index is -0.654. The molecule has 1 aromatic carbocycles. The molecule has 1 unspecified atom stereocenters. The van der Waals surface area contributed by atoms with E-state index in [1.165, 1.54) is 0 Å². The van der Waals surface area contributed by atoms with E-state index in [9.17, 15) is 4.79 Å². The first kappa shape index (κ1) is 25.9. The van der Waals surface area contributed by atoms with Crippen LogP contribution in [-0.4, -0.2) is 51.3 Å². The number of ether oxygens (including phenoxy) is 3. The molecule has 1 aliphatic heterocycles. The number of nitrogens with zero attached hydrogens (tertiary/aromatic N) is 4. The average molecular weight is 496 g/mol. The van der Waals surface area contributed by atoms with Crippen molar-refractivity contribution >= 4 is 23.4 Å². The Labute approximate surface area is 212 Å². The summed E-state index contributed by atoms with van der Waals surface area (Å²) >= 11 is 0. The van der Waals surface area contributed by atoms with Gasteiger partial charge in [-0.1, -0.05) is 44.2 Å². The summed E-state index contributed by atoms with van der Waals surface area (Å²) in [5.74, 6) is 0.787. The van der Waals surface area contributed by atoms with Crippen LogP contribution in [-0.2, 0) is 20.8 Å². The Morgan fingerprint density at radius 3 is 2.61 bits per heavy atom. The number of hydrogen-bond acceptors (Lipinski definition) is 7. The number of benzene rings is 1. The highest BCUT2D eigenvalue weighted by Crippen LogP contribution is 2.29. The molecule has 0 aliphatic carbocycles. The van der Waals surface area contributed by atoms with Gasteiger partial charge in [-0.05, 0) is 46.1 Å². The van der Waals surface area contributed by atoms with Crippen molar-refractivity contribution in [1.82, 2.24) is 14.6 Å². The van der Waals surface area contributed by atoms with Crippen LogP contribution in [0.25, 0.3) is 5.65 Å². The molecule has 9 nitrogen and oxygen atoms in total. The Morgan fingerprint density at radius 2 is 2.00 bits per heavy atom. The normalized spacial score (nSPS) is 17.5. The van der Waals surface area contributed by atoms with E-state index in [2.05, 4.69) is 24.3 Å². The lowest BCUT2D eigenvalue weighted by molar-refractivity contribution is -0.136. The van der Waals surface area contributed by atoms with Crippen molar-refractivity contribution in [3.05, 3.63) is 53.7 Å². The molecular weight excluding hydrogens is 458 g/mol. The SMILES string of the molecule is CC(C)c1cnn2c(N(Cc3ccccc3)C(=O)OC(C)(C)C)cc(NCC3COC(C)(C)O3)nc12. The molecule has 36 heavy (non-hydrogen) atoms. The first-order valence-corrected chi connectivity index (χ1v) is 12.4. The van der Waals surface area contributed by atoms with E-state index in [1.807, 2.05) is 77.2 Å². The average Bonchev–Trinajstić information content (AvgIpc) is 3.38. The van der Waals surface area contributed by atoms with E-state index in [4.69, 9.17) is 19.2 Å². The van der Waals surface area contributed by atoms with Gasteiger partial charge in [0.1, 0.15) is 23.3 Å². The Kier molecular flexibility index (Phi) is 7.24. The second-order valence-electron chi connectivity index (χ2n) is 10.9. The predicted molar refractivity (Wildman–Crippen MR) is 139 cm³/mol. The molecule has 1 atom stereocenters. The fourth-order valence-electron chi connectivity index (χ4n) is 4.06. The number of hydrogen-bond donors (Lipinski definition) is 1. The number of nitrogens with one attached hydrogen (secondary N) is 1. The van der Waals surface area contributed by atoms with Gasteiger partial charge in [0.25, 0.3) is 0 Å². The number of carbonyl (C=O) groups excluding carboxylic acids is 1. The van der Waals surface area contributed by atoms with Gasteiger partial charge in [0.15, 0.2) is 11.4 Å². The smallest absolute Gasteiger partial charge is 0.416 e. The summed E-state index contributed by atoms with van der Waals surface area (Å²) in [6, 6.07) is 11.7. The molecule has 1 saturated heterocycles. The summed E-state index contributed by atoms with van der Waals surface area (Å²) < 4.78 is 19.1. The molecule has 0 saturated carbocycles. The standard InChI is InChI=1S/C27H37N5O4/c1-18(2)21-15-29-32-23(13-22(30-24(21)32)28-14-20-17-34-27(6,7)35-20)31(25(33)36-26(3,4)5)16-19-11-9-8-10-12-19/h8-13,15,18,20H,14,16-17H2,1-7H3,(H,28,30). The molecule has 1 N–H and O–H groups in total. The van der Waals surface area contributed by atoms with Gasteiger partial charge in [-0.15, -0.1) is 0 Å². The van der Waals surface area contributed by atoms with Gasteiger partial charge in [0.05, 0.1) is 19.3 Å². The Bertz CT molecular complexity index is 1200. The number of aromatic nitrogens is 3. The summed E-state index contributed by atoms with van der Waals surface area (Å²) in [6.45, 7) is 14.9. The van der Waals surface area contributed by atoms with Crippen molar-refractivity contribution in [3.8, 4) is 0 Å². The van der Waals surface area contributed by atoms with Crippen LogP contribution < -0.4 is 10.2 Å². The van der Waals surface area contributed by atoms with Crippen LogP contribution in [0, 0.1) is 0 Å². The molecule has 3 aromatic rings. The van der Waals surface area contributed by atoms with Crippen molar-refractivity contribution in [2.24, 2.45) is 0 Å². The Balaban J connectivity index is 1.75. The van der Waals surface area contributed by atoms with E-state index < -0.39 is 17.5 Å². The highest BCUT2D eigenvalue weighted by Gasteiger charge is 2.33. The van der Waals surface area contributed by atoms with Gasteiger partial charge < -0.3 is 19.5 Å². The van der Waals surface area contributed by atoms with Crippen LogP contribution in [0.15, 0.2) is 42.6 Å². The molecule has 3 heterocycles. The number of amides is 1. The zero-order valence-corrected chi connectivity index (χ0v) is 22.2. The minimum Gasteiger partial charge on any atom is -0.443 e. The molecule has 9 heteroatoms. The molecular formula is C27H37N5O4. The first-order valence-electron chi connectivity index (χ1n) is 12.4. The van der Waals surface area contributed by atoms with E-state index >= 15 is 0 Å². The maximum absolute atomic E-state index is 13.5. The first-order chi connectivity index (χ1) is 16.9. The molecule has 194 valence electrons. The van der Waals surface area contributed by atoms with Crippen LogP contribution in [0.5, 0.6) is 0 Å². The second kappa shape index (κ2) is 10.1. The highest BCUT2D eigenvalue weighted by atomic mass is 16.7. The molecule has 2 aromatic heterocycles. The maximum Gasteiger partial charge on any atom is 0.416 e. The number of fused-ring (bicyclic) bond motifs is 1. The van der Waals surface area contributed by atoms with Gasteiger partial charge >= 0.3 is 6.09 Å². The molecule has 0 spiro atoms. The Morgan fingerprint density at radius 1 is 1.28 bits per heavy atom. The van der Waals surface area contributed by atoms with Gasteiger partial charge in [-0.3, -0.25) is 4.90 Å². The minimum absolute atomic E-state index is 0.109. The lowest BCUT2D eigenvalue weighted by Gasteiger charge is -2.28. The van der Waals surface area contributed by atoms with Crippen molar-refractivity contribution < 1.29 is 19.0 Å². The maximum atomic E-state index is 13.5. The van der Waals surface area contributed by atoms with Crippen molar-refractivity contribution in [2.45, 2.75) is 78.4 Å². The number of rotatable bonds is 7. The monoisotopic (exact) mass is 495 g/mol. The molecule has 4 rings (SSSR count). The van der Waals surface area contributed by atoms with Crippen LogP contribution in [0.4, 0.5) is 16.4 Å². The summed E-state index contributed by atoms with van der Waals surface area (Å²) in [5, 5.41) is 7.99. The summed E-state index contributed by atoms with van der Waals surface area (Å²) in [6.07, 6.45) is 1.25. The third-order valence-corrected chi connectivity index (χ3v) is 5.75. The van der Waals surface area contributed by atoms with Crippen molar-refractivity contribution in [1.29, 1.82) is 0 Å². The topological polar surface area (TPSA) is 90.2 Å². The quantitative estimate of drug-likeness (QED) is 0.472. The van der Waals surface area contributed by atoms with Gasteiger partial charge in [0.2, 0.25) is 0 Å². The van der Waals surface area contributed by atoms with E-state index in [1.54, 1.807) is 9.42 Å². The second-order valence-corrected chi connectivity index (χ2v) is 10.9. The van der Waals surface area contributed by atoms with E-state index in [0.29, 0.717) is 37.0 Å². The zero-order chi connectivity index (χ0) is 26.1. The van der Waals surface area contributed by atoms with Crippen LogP contribution in [0.1, 0.15) is 65.5 Å². The zero-order valence-electron chi connectivity index (χ0n) is 22.2. The van der Waals surface area contributed by atoms with Crippen LogP contribution in [0.3, 0.4) is 0 Å². The number of carbonyl (C=O) groups is 1. The molecule has 1 aliphatic rings. The fraction of sp³-hybridized carbons (Fsp3) is 0.519. The lowest BCUT2D eigenvalue weighted by atomic mass is 10.1. The highest BCUT2D eigenvalue weighted by molar-refractivity contribution is 5.88. The summed E-state index contributed by atoms with van der Waals surface area (Å²) in [7, 11) is 0. The molecule has 1 amide bonds. The van der Waals surface area contributed by atoms with E-state index in [-0.39, 0.29) is 12.0 Å². The third kappa shape index (κ3) is 6.14. The summed E-state index contributed by atoms with van der Waals surface area (Å²) in [4.78, 5) is 19.9. The predicted octanol–water partition coefficient (Wildman–Crippen LogP) is 5.36. The third-order valence-electron chi connectivity index (χ3n) is 5.75. The van der Waals surface area contributed by atoms with Crippen molar-refractivity contribution in [3.63, 3.8) is 0 Å². The number of anilines is 2. The van der Waals surface area contributed by atoms with Gasteiger partial charge in [-0.2, -0.15) is 9.61 Å². The molecule has 0 bridgehead atoms. The van der Waals surface area contributed by atoms with Crippen molar-refractivity contribution in [2.75, 3.05) is 23.4 Å². The Hall–Kier alpha value is -3.17. The fourth-order valence-corrected chi connectivity index (χ4v) is 4.06. The van der Waals surface area contributed by atoms with Gasteiger partial charge in [-0.25, -0.2) is 9.78 Å². The van der Waals surface area contributed by atoms with Crippen LogP contribution in [0.2, 0.25) is 0 Å². The lowest BCUT2D eigenvalue weighted by Crippen LogP contribution is -2.37. The molecule has 1 fully saturated rings. The summed E-state index contributed by atoms with van der Waals surface area (Å²) in [5.41, 5.74) is 2.00. The van der Waals surface area contributed by atoms with Crippen LogP contribution >= 0.6 is 0 Å². The van der Waals surface area contributed by atoms with Gasteiger partial charge in [0, 0.05) is 18.2 Å². The van der Waals surface area contributed by atoms with E-state index in [0.717, 1.165) is 11.1 Å². The molecule has 0 radical (unpaired) electrons.